The molecule has 2 atom stereocenters. The first-order chi connectivity index (χ1) is 15.5. The monoisotopic (exact) mass is 437 g/mol. The van der Waals surface area contributed by atoms with Crippen LogP contribution in [0, 0.1) is 0 Å². The van der Waals surface area contributed by atoms with Crippen LogP contribution in [0.3, 0.4) is 0 Å². The van der Waals surface area contributed by atoms with E-state index in [1.165, 1.54) is 0 Å². The number of ether oxygens (including phenoxy) is 2. The van der Waals surface area contributed by atoms with E-state index in [1.807, 2.05) is 68.4 Å². The number of carbonyl (C=O) groups is 3. The largest absolute Gasteiger partial charge is 0.486 e. The predicted molar refractivity (Wildman–Crippen MR) is 117 cm³/mol. The third-order valence-corrected chi connectivity index (χ3v) is 5.99. The van der Waals surface area contributed by atoms with Crippen LogP contribution in [0.25, 0.3) is 0 Å². The maximum absolute atomic E-state index is 13.3. The number of carbonyl (C=O) groups excluding carboxylic acids is 3. The molecule has 1 N–H and O–H groups in total. The number of nitrogens with zero attached hydrogens (tertiary/aromatic N) is 2. The van der Waals surface area contributed by atoms with Crippen molar-refractivity contribution in [3.8, 4) is 11.5 Å². The standard InChI is InChI=1S/C24H27N3O5/c1-3-24(17-10-6-5-7-11-17)22(29)27(23(30)25-24)15-21(28)26(4-2)14-18-16-31-19-12-8-9-13-20(19)32-18/h5-13,18H,3-4,14-16H2,1-2H3,(H,25,30). The van der Waals surface area contributed by atoms with Gasteiger partial charge in [-0.15, -0.1) is 0 Å². The molecular weight excluding hydrogens is 410 g/mol. The third-order valence-electron chi connectivity index (χ3n) is 5.99. The Balaban J connectivity index is 1.44. The number of urea groups is 1. The highest BCUT2D eigenvalue weighted by Crippen LogP contribution is 2.33. The lowest BCUT2D eigenvalue weighted by Crippen LogP contribution is -2.48. The van der Waals surface area contributed by atoms with Gasteiger partial charge in [0.05, 0.1) is 6.54 Å². The number of imide groups is 1. The lowest BCUT2D eigenvalue weighted by molar-refractivity contribution is -0.140. The predicted octanol–water partition coefficient (Wildman–Crippen LogP) is 2.53. The van der Waals surface area contributed by atoms with Crippen LogP contribution in [0.4, 0.5) is 4.79 Å². The second-order valence-corrected chi connectivity index (χ2v) is 7.88. The van der Waals surface area contributed by atoms with E-state index in [0.29, 0.717) is 43.2 Å². The van der Waals surface area contributed by atoms with E-state index in [2.05, 4.69) is 5.32 Å². The van der Waals surface area contributed by atoms with E-state index in [0.717, 1.165) is 4.90 Å². The van der Waals surface area contributed by atoms with Gasteiger partial charge in [0.2, 0.25) is 5.91 Å². The van der Waals surface area contributed by atoms with Crippen LogP contribution >= 0.6 is 0 Å². The Labute approximate surface area is 187 Å². The number of benzene rings is 2. The Morgan fingerprint density at radius 1 is 1.09 bits per heavy atom. The van der Waals surface area contributed by atoms with Crippen LogP contribution < -0.4 is 14.8 Å². The average Bonchev–Trinajstić information content (AvgIpc) is 3.08. The van der Waals surface area contributed by atoms with Crippen LogP contribution in [-0.2, 0) is 15.1 Å². The summed E-state index contributed by atoms with van der Waals surface area (Å²) < 4.78 is 11.7. The van der Waals surface area contributed by atoms with Crippen LogP contribution in [0.15, 0.2) is 54.6 Å². The zero-order chi connectivity index (χ0) is 22.7. The van der Waals surface area contributed by atoms with Crippen molar-refractivity contribution < 1.29 is 23.9 Å². The number of para-hydroxylation sites is 2. The zero-order valence-corrected chi connectivity index (χ0v) is 18.2. The van der Waals surface area contributed by atoms with Crippen LogP contribution in [0.2, 0.25) is 0 Å². The van der Waals surface area contributed by atoms with E-state index < -0.39 is 17.5 Å². The molecule has 0 bridgehead atoms. The lowest BCUT2D eigenvalue weighted by atomic mass is 9.87. The van der Waals surface area contributed by atoms with Crippen molar-refractivity contribution in [2.24, 2.45) is 0 Å². The zero-order valence-electron chi connectivity index (χ0n) is 18.2. The maximum atomic E-state index is 13.3. The molecule has 2 aliphatic rings. The summed E-state index contributed by atoms with van der Waals surface area (Å²) in [7, 11) is 0. The van der Waals surface area contributed by atoms with E-state index in [9.17, 15) is 14.4 Å². The van der Waals surface area contributed by atoms with Crippen molar-refractivity contribution in [1.29, 1.82) is 0 Å². The van der Waals surface area contributed by atoms with E-state index in [1.54, 1.807) is 4.90 Å². The molecule has 0 radical (unpaired) electrons. The summed E-state index contributed by atoms with van der Waals surface area (Å²) in [6.07, 6.45) is 0.0483. The van der Waals surface area contributed by atoms with Crippen molar-refractivity contribution in [1.82, 2.24) is 15.1 Å². The van der Waals surface area contributed by atoms with Gasteiger partial charge in [0.1, 0.15) is 18.7 Å². The number of fused-ring (bicyclic) bond motifs is 1. The number of nitrogens with one attached hydrogen (secondary N) is 1. The first-order valence-electron chi connectivity index (χ1n) is 10.8. The van der Waals surface area contributed by atoms with Gasteiger partial charge in [-0.1, -0.05) is 49.4 Å². The Kier molecular flexibility index (Phi) is 6.03. The molecule has 8 heteroatoms. The topological polar surface area (TPSA) is 88.2 Å². The minimum atomic E-state index is -1.15. The Morgan fingerprint density at radius 3 is 2.47 bits per heavy atom. The molecule has 2 aromatic carbocycles. The van der Waals surface area contributed by atoms with Gasteiger partial charge in [-0.3, -0.25) is 14.5 Å². The molecule has 32 heavy (non-hydrogen) atoms. The number of hydrogen-bond donors (Lipinski definition) is 1. The second-order valence-electron chi connectivity index (χ2n) is 7.88. The SMILES string of the molecule is CCN(CC1COc2ccccc2O1)C(=O)CN1C(=O)NC(CC)(c2ccccc2)C1=O. The Morgan fingerprint density at radius 2 is 1.78 bits per heavy atom. The summed E-state index contributed by atoms with van der Waals surface area (Å²) in [5, 5.41) is 2.81. The smallest absolute Gasteiger partial charge is 0.325 e. The summed E-state index contributed by atoms with van der Waals surface area (Å²) in [4.78, 5) is 41.6. The molecule has 4 amide bonds. The molecule has 0 saturated carbocycles. The van der Waals surface area contributed by atoms with Gasteiger partial charge < -0.3 is 19.7 Å². The molecule has 2 heterocycles. The van der Waals surface area contributed by atoms with E-state index >= 15 is 0 Å². The summed E-state index contributed by atoms with van der Waals surface area (Å²) in [6.45, 7) is 4.40. The van der Waals surface area contributed by atoms with Gasteiger partial charge in [-0.2, -0.15) is 0 Å². The van der Waals surface area contributed by atoms with Crippen LogP contribution in [-0.4, -0.2) is 60.0 Å². The molecule has 2 unspecified atom stereocenters. The highest BCUT2D eigenvalue weighted by molar-refractivity contribution is 6.09. The average molecular weight is 437 g/mol. The van der Waals surface area contributed by atoms with Gasteiger partial charge in [0.25, 0.3) is 5.91 Å². The highest BCUT2D eigenvalue weighted by Gasteiger charge is 2.51. The number of likely N-dealkylation sites (N-methyl/N-ethyl adjacent to an activating group) is 1. The molecule has 0 aliphatic carbocycles. The highest BCUT2D eigenvalue weighted by atomic mass is 16.6. The summed E-state index contributed by atoms with van der Waals surface area (Å²) in [6, 6.07) is 15.9. The lowest BCUT2D eigenvalue weighted by Gasteiger charge is -2.31. The number of hydrogen-bond acceptors (Lipinski definition) is 5. The van der Waals surface area contributed by atoms with E-state index in [-0.39, 0.29) is 18.6 Å². The molecular formula is C24H27N3O5. The van der Waals surface area contributed by atoms with Gasteiger partial charge in [0, 0.05) is 6.54 Å². The van der Waals surface area contributed by atoms with Crippen LogP contribution in [0.5, 0.6) is 11.5 Å². The fourth-order valence-electron chi connectivity index (χ4n) is 4.17. The molecule has 2 aromatic rings. The fraction of sp³-hybridized carbons (Fsp3) is 0.375. The van der Waals surface area contributed by atoms with Crippen molar-refractivity contribution in [3.05, 3.63) is 60.2 Å². The fourth-order valence-corrected chi connectivity index (χ4v) is 4.17. The van der Waals surface area contributed by atoms with Gasteiger partial charge in [0.15, 0.2) is 17.6 Å². The molecule has 0 spiro atoms. The summed E-state index contributed by atoms with van der Waals surface area (Å²) in [5.74, 6) is 0.580. The van der Waals surface area contributed by atoms with Crippen molar-refractivity contribution in [3.63, 3.8) is 0 Å². The van der Waals surface area contributed by atoms with Crippen molar-refractivity contribution in [2.45, 2.75) is 31.9 Å². The molecule has 168 valence electrons. The quantitative estimate of drug-likeness (QED) is 0.673. The normalized spacial score (nSPS) is 21.9. The van der Waals surface area contributed by atoms with Gasteiger partial charge >= 0.3 is 6.03 Å². The number of rotatable bonds is 7. The van der Waals surface area contributed by atoms with Gasteiger partial charge in [-0.05, 0) is 31.0 Å². The first kappa shape index (κ1) is 21.7. The Bertz CT molecular complexity index is 1010. The van der Waals surface area contributed by atoms with Crippen LogP contribution in [0.1, 0.15) is 25.8 Å². The minimum absolute atomic E-state index is 0.297. The van der Waals surface area contributed by atoms with Crippen molar-refractivity contribution >= 4 is 17.8 Å². The number of amides is 4. The van der Waals surface area contributed by atoms with Gasteiger partial charge in [-0.25, -0.2) is 4.79 Å². The molecule has 4 rings (SSSR count). The second kappa shape index (κ2) is 8.90. The summed E-state index contributed by atoms with van der Waals surface area (Å²) >= 11 is 0. The molecule has 1 saturated heterocycles. The molecule has 2 aliphatic heterocycles. The molecule has 8 nitrogen and oxygen atoms in total. The van der Waals surface area contributed by atoms with E-state index in [4.69, 9.17) is 9.47 Å². The molecule has 0 aromatic heterocycles. The molecule has 1 fully saturated rings. The third kappa shape index (κ3) is 3.88. The minimum Gasteiger partial charge on any atom is -0.486 e. The van der Waals surface area contributed by atoms with Crippen molar-refractivity contribution in [2.75, 3.05) is 26.2 Å². The first-order valence-corrected chi connectivity index (χ1v) is 10.8. The Hall–Kier alpha value is -3.55. The summed E-state index contributed by atoms with van der Waals surface area (Å²) in [5.41, 5.74) is -0.450. The maximum Gasteiger partial charge on any atom is 0.325 e.